The largest absolute Gasteiger partial charge is 0.481 e. The molecule has 1 amide bonds. The van der Waals surface area contributed by atoms with Crippen molar-refractivity contribution in [2.75, 3.05) is 6.54 Å². The number of aromatic nitrogens is 2. The first-order valence-electron chi connectivity index (χ1n) is 14.0. The van der Waals surface area contributed by atoms with Crippen LogP contribution in [0.2, 0.25) is 0 Å². The van der Waals surface area contributed by atoms with Gasteiger partial charge in [-0.2, -0.15) is 0 Å². The van der Waals surface area contributed by atoms with Gasteiger partial charge >= 0.3 is 12.1 Å². The number of aliphatic carboxylic acids is 1. The van der Waals surface area contributed by atoms with Gasteiger partial charge in [-0.25, -0.2) is 9.78 Å². The summed E-state index contributed by atoms with van der Waals surface area (Å²) in [5.41, 5.74) is 5.42. The van der Waals surface area contributed by atoms with Crippen LogP contribution in [-0.2, 0) is 28.8 Å². The number of carboxylic acid groups (broad SMARTS) is 1. The van der Waals surface area contributed by atoms with Crippen LogP contribution in [0, 0.1) is 11.8 Å². The van der Waals surface area contributed by atoms with Gasteiger partial charge in [0.1, 0.15) is 5.60 Å². The van der Waals surface area contributed by atoms with Crippen molar-refractivity contribution >= 4 is 12.1 Å². The van der Waals surface area contributed by atoms with E-state index in [2.05, 4.69) is 40.0 Å². The van der Waals surface area contributed by atoms with Gasteiger partial charge in [0.05, 0.1) is 17.9 Å². The number of nitrogens with zero attached hydrogens (tertiary/aromatic N) is 2. The number of benzene rings is 1. The second-order valence-electron chi connectivity index (χ2n) is 11.9. The molecule has 1 fully saturated rings. The van der Waals surface area contributed by atoms with E-state index in [1.54, 1.807) is 0 Å². The predicted molar refractivity (Wildman–Crippen MR) is 144 cm³/mol. The van der Waals surface area contributed by atoms with E-state index in [0.29, 0.717) is 31.7 Å². The third-order valence-corrected chi connectivity index (χ3v) is 8.02. The molecular formula is C30H43N3O4. The molecule has 37 heavy (non-hydrogen) atoms. The molecule has 2 aliphatic rings. The molecule has 2 N–H and O–H groups in total. The van der Waals surface area contributed by atoms with Crippen LogP contribution in [-0.4, -0.2) is 38.9 Å². The monoisotopic (exact) mass is 509 g/mol. The predicted octanol–water partition coefficient (Wildman–Crippen LogP) is 6.20. The fourth-order valence-electron chi connectivity index (χ4n) is 5.94. The van der Waals surface area contributed by atoms with Crippen molar-refractivity contribution in [2.45, 2.75) is 103 Å². The molecule has 1 aliphatic heterocycles. The van der Waals surface area contributed by atoms with Crippen molar-refractivity contribution in [1.29, 1.82) is 0 Å². The molecule has 0 radical (unpaired) electrons. The van der Waals surface area contributed by atoms with E-state index in [1.807, 2.05) is 27.1 Å². The fourth-order valence-corrected chi connectivity index (χ4v) is 5.94. The topological polar surface area (TPSA) is 93.4 Å². The van der Waals surface area contributed by atoms with E-state index in [4.69, 9.17) is 4.74 Å². The number of aryl methyl sites for hydroxylation is 1. The molecule has 4 rings (SSSR count). The van der Waals surface area contributed by atoms with Crippen molar-refractivity contribution in [1.82, 2.24) is 14.9 Å². The van der Waals surface area contributed by atoms with Crippen molar-refractivity contribution < 1.29 is 19.4 Å². The zero-order valence-corrected chi connectivity index (χ0v) is 22.9. The summed E-state index contributed by atoms with van der Waals surface area (Å²) in [6.45, 7) is 8.21. The summed E-state index contributed by atoms with van der Waals surface area (Å²) >= 11 is 0. The molecule has 0 saturated heterocycles. The number of fused-ring (bicyclic) bond motifs is 3. The molecule has 1 aromatic heterocycles. The molecular weight excluding hydrogens is 466 g/mol. The molecule has 0 bridgehead atoms. The minimum absolute atomic E-state index is 0.384. The van der Waals surface area contributed by atoms with Gasteiger partial charge in [-0.1, -0.05) is 38.3 Å². The van der Waals surface area contributed by atoms with Crippen molar-refractivity contribution in [2.24, 2.45) is 11.8 Å². The number of carbonyl (C=O) groups excluding carboxylic acids is 1. The van der Waals surface area contributed by atoms with Crippen LogP contribution in [0.5, 0.6) is 0 Å². The molecule has 1 saturated carbocycles. The average Bonchev–Trinajstić information content (AvgIpc) is 3.27. The summed E-state index contributed by atoms with van der Waals surface area (Å²) in [6, 6.07) is 6.91. The molecule has 2 heterocycles. The lowest BCUT2D eigenvalue weighted by atomic mass is 9.77. The third-order valence-electron chi connectivity index (χ3n) is 8.02. The SMILES string of the molecule is CC(c1ccc2c(c1)CCc1c(C[C@H](CCCNC(=O)OC(C)(C)C)C(=O)O)ncn1-2)C1CCCCC1. The molecule has 2 aromatic rings. The number of hydrogen-bond acceptors (Lipinski definition) is 4. The molecule has 202 valence electrons. The number of carbonyl (C=O) groups is 2. The van der Waals surface area contributed by atoms with Gasteiger partial charge < -0.3 is 19.7 Å². The van der Waals surface area contributed by atoms with Crippen molar-refractivity contribution in [3.05, 3.63) is 47.0 Å². The quantitative estimate of drug-likeness (QED) is 0.392. The molecule has 1 unspecified atom stereocenters. The Bertz CT molecular complexity index is 1090. The van der Waals surface area contributed by atoms with Gasteiger partial charge in [0.2, 0.25) is 0 Å². The highest BCUT2D eigenvalue weighted by Crippen LogP contribution is 2.37. The van der Waals surface area contributed by atoms with Crippen LogP contribution in [0.15, 0.2) is 24.5 Å². The number of hydrogen-bond donors (Lipinski definition) is 2. The Labute approximate surface area is 221 Å². The lowest BCUT2D eigenvalue weighted by Gasteiger charge is -2.29. The Morgan fingerprint density at radius 1 is 1.19 bits per heavy atom. The number of imidazole rings is 1. The third kappa shape index (κ3) is 6.93. The summed E-state index contributed by atoms with van der Waals surface area (Å²) < 4.78 is 7.40. The van der Waals surface area contributed by atoms with Crippen LogP contribution in [0.4, 0.5) is 4.79 Å². The van der Waals surface area contributed by atoms with Gasteiger partial charge in [-0.15, -0.1) is 0 Å². The van der Waals surface area contributed by atoms with Gasteiger partial charge in [-0.3, -0.25) is 4.79 Å². The number of amides is 1. The van der Waals surface area contributed by atoms with Crippen LogP contribution in [0.3, 0.4) is 0 Å². The maximum Gasteiger partial charge on any atom is 0.407 e. The molecule has 1 aliphatic carbocycles. The number of carboxylic acids is 1. The highest BCUT2D eigenvalue weighted by Gasteiger charge is 2.27. The summed E-state index contributed by atoms with van der Waals surface area (Å²) in [5.74, 6) is 0.0151. The lowest BCUT2D eigenvalue weighted by molar-refractivity contribution is -0.142. The zero-order chi connectivity index (χ0) is 26.6. The van der Waals surface area contributed by atoms with E-state index in [9.17, 15) is 14.7 Å². The first kappa shape index (κ1) is 27.2. The van der Waals surface area contributed by atoms with Gasteiger partial charge in [0, 0.05) is 24.3 Å². The minimum atomic E-state index is -0.823. The first-order chi connectivity index (χ1) is 17.6. The highest BCUT2D eigenvalue weighted by molar-refractivity contribution is 5.70. The molecule has 0 spiro atoms. The Kier molecular flexibility index (Phi) is 8.60. The summed E-state index contributed by atoms with van der Waals surface area (Å²) in [6.07, 6.45) is 11.4. The van der Waals surface area contributed by atoms with E-state index in [0.717, 1.165) is 30.1 Å². The second kappa shape index (κ2) is 11.7. The average molecular weight is 510 g/mol. The van der Waals surface area contributed by atoms with E-state index < -0.39 is 23.6 Å². The normalized spacial score (nSPS) is 17.4. The van der Waals surface area contributed by atoms with Crippen LogP contribution < -0.4 is 5.32 Å². The van der Waals surface area contributed by atoms with E-state index in [-0.39, 0.29) is 0 Å². The lowest BCUT2D eigenvalue weighted by Crippen LogP contribution is -2.33. The van der Waals surface area contributed by atoms with Crippen LogP contribution >= 0.6 is 0 Å². The maximum absolute atomic E-state index is 12.0. The van der Waals surface area contributed by atoms with Gasteiger partial charge in [0.25, 0.3) is 0 Å². The number of ether oxygens (including phenoxy) is 1. The standard InChI is InChI=1S/C30H43N3O4/c1-20(21-9-6-5-7-10-21)22-12-14-26-23(17-22)13-15-27-25(32-19-33(26)27)18-24(28(34)35)11-8-16-31-29(36)37-30(2,3)4/h12,14,17,19-21,24H,5-11,13,15-16,18H2,1-4H3,(H,31,36)(H,34,35)/t20?,24-/m0/s1. The van der Waals surface area contributed by atoms with E-state index >= 15 is 0 Å². The van der Waals surface area contributed by atoms with Gasteiger partial charge in [0.15, 0.2) is 0 Å². The summed E-state index contributed by atoms with van der Waals surface area (Å²) in [4.78, 5) is 28.5. The summed E-state index contributed by atoms with van der Waals surface area (Å²) in [5, 5.41) is 12.6. The summed E-state index contributed by atoms with van der Waals surface area (Å²) in [7, 11) is 0. The van der Waals surface area contributed by atoms with Crippen LogP contribution in [0.1, 0.15) is 101 Å². The molecule has 7 nitrogen and oxygen atoms in total. The first-order valence-corrected chi connectivity index (χ1v) is 14.0. The van der Waals surface area contributed by atoms with Crippen LogP contribution in [0.25, 0.3) is 5.69 Å². The van der Waals surface area contributed by atoms with E-state index in [1.165, 1.54) is 48.9 Å². The minimum Gasteiger partial charge on any atom is -0.481 e. The van der Waals surface area contributed by atoms with Crippen molar-refractivity contribution in [3.63, 3.8) is 0 Å². The van der Waals surface area contributed by atoms with Gasteiger partial charge in [-0.05, 0) is 88.3 Å². The Hall–Kier alpha value is -2.83. The smallest absolute Gasteiger partial charge is 0.407 e. The molecule has 1 aromatic carbocycles. The molecule has 7 heteroatoms. The number of nitrogens with one attached hydrogen (secondary N) is 1. The zero-order valence-electron chi connectivity index (χ0n) is 22.9. The Balaban J connectivity index is 1.38. The maximum atomic E-state index is 12.0. The molecule has 2 atom stereocenters. The second-order valence-corrected chi connectivity index (χ2v) is 11.9. The Morgan fingerprint density at radius 3 is 2.65 bits per heavy atom. The highest BCUT2D eigenvalue weighted by atomic mass is 16.6. The number of alkyl carbamates (subject to hydrolysis) is 1. The Morgan fingerprint density at radius 2 is 1.95 bits per heavy atom. The fraction of sp³-hybridized carbons (Fsp3) is 0.633. The van der Waals surface area contributed by atoms with Crippen molar-refractivity contribution in [3.8, 4) is 5.69 Å². The number of rotatable bonds is 9.